The zero-order chi connectivity index (χ0) is 9.97. The molecule has 0 fully saturated rings. The van der Waals surface area contributed by atoms with Gasteiger partial charge in [-0.2, -0.15) is 0 Å². The molecule has 1 aromatic heterocycles. The van der Waals surface area contributed by atoms with Crippen LogP contribution >= 0.6 is 15.9 Å². The number of hydrogen-bond acceptors (Lipinski definition) is 4. The molecular weight excluding hydrogens is 248 g/mol. The van der Waals surface area contributed by atoms with E-state index >= 15 is 0 Å². The van der Waals surface area contributed by atoms with Gasteiger partial charge >= 0.3 is 0 Å². The van der Waals surface area contributed by atoms with Gasteiger partial charge in [0, 0.05) is 10.0 Å². The number of carbonyl (C=O) groups is 1. The maximum Gasteiger partial charge on any atom is 0.280 e. The normalized spacial score (nSPS) is 10.1. The van der Waals surface area contributed by atoms with Crippen LogP contribution < -0.4 is 0 Å². The lowest BCUT2D eigenvalue weighted by molar-refractivity contribution is 0.109. The summed E-state index contributed by atoms with van der Waals surface area (Å²) in [4.78, 5) is 10.3. The lowest BCUT2D eigenvalue weighted by atomic mass is 10.2. The molecule has 0 unspecified atom stereocenters. The first kappa shape index (κ1) is 9.08. The van der Waals surface area contributed by atoms with Gasteiger partial charge in [-0.25, -0.2) is 0 Å². The van der Waals surface area contributed by atoms with Crippen molar-refractivity contribution in [3.05, 3.63) is 34.6 Å². The highest BCUT2D eigenvalue weighted by Gasteiger charge is 2.06. The molecule has 1 heterocycles. The van der Waals surface area contributed by atoms with Crippen molar-refractivity contribution in [1.82, 2.24) is 10.2 Å². The van der Waals surface area contributed by atoms with Gasteiger partial charge in [0.05, 0.1) is 0 Å². The van der Waals surface area contributed by atoms with Crippen molar-refractivity contribution in [3.63, 3.8) is 0 Å². The van der Waals surface area contributed by atoms with Crippen molar-refractivity contribution in [2.24, 2.45) is 0 Å². The Bertz CT molecular complexity index is 450. The zero-order valence-electron chi connectivity index (χ0n) is 6.98. The Kier molecular flexibility index (Phi) is 2.41. The fourth-order valence-electron chi connectivity index (χ4n) is 0.991. The van der Waals surface area contributed by atoms with Crippen LogP contribution in [0, 0.1) is 0 Å². The smallest absolute Gasteiger partial charge is 0.280 e. The third-order valence-electron chi connectivity index (χ3n) is 1.63. The number of nitrogens with zero attached hydrogens (tertiary/aromatic N) is 2. The van der Waals surface area contributed by atoms with Gasteiger partial charge in [-0.1, -0.05) is 15.9 Å². The summed E-state index contributed by atoms with van der Waals surface area (Å²) in [6.07, 6.45) is 0.523. The molecule has 0 aliphatic rings. The average molecular weight is 253 g/mol. The van der Waals surface area contributed by atoms with E-state index in [9.17, 15) is 4.79 Å². The highest BCUT2D eigenvalue weighted by atomic mass is 79.9. The number of aldehydes is 1. The fourth-order valence-corrected chi connectivity index (χ4v) is 1.26. The number of halogens is 1. The molecule has 2 rings (SSSR count). The van der Waals surface area contributed by atoms with Gasteiger partial charge < -0.3 is 4.42 Å². The summed E-state index contributed by atoms with van der Waals surface area (Å²) in [5.74, 6) is 0.336. The molecule has 0 saturated heterocycles. The highest BCUT2D eigenvalue weighted by molar-refractivity contribution is 9.10. The molecule has 5 heteroatoms. The van der Waals surface area contributed by atoms with Gasteiger partial charge in [0.1, 0.15) is 0 Å². The van der Waals surface area contributed by atoms with E-state index in [2.05, 4.69) is 26.1 Å². The van der Waals surface area contributed by atoms with E-state index in [1.165, 1.54) is 0 Å². The van der Waals surface area contributed by atoms with Crippen molar-refractivity contribution >= 4 is 22.2 Å². The Morgan fingerprint density at radius 2 is 1.93 bits per heavy atom. The molecule has 0 bridgehead atoms. The Morgan fingerprint density at radius 1 is 1.21 bits per heavy atom. The van der Waals surface area contributed by atoms with E-state index in [4.69, 9.17) is 4.42 Å². The Labute approximate surface area is 88.1 Å². The molecule has 70 valence electrons. The van der Waals surface area contributed by atoms with Gasteiger partial charge in [0.15, 0.2) is 0 Å². The van der Waals surface area contributed by atoms with Crippen molar-refractivity contribution in [2.75, 3.05) is 0 Å². The lowest BCUT2D eigenvalue weighted by Gasteiger charge is -1.93. The Hall–Kier alpha value is -1.49. The molecule has 1 aromatic carbocycles. The molecule has 0 aliphatic heterocycles. The van der Waals surface area contributed by atoms with Crippen molar-refractivity contribution < 1.29 is 9.21 Å². The van der Waals surface area contributed by atoms with Crippen LogP contribution in [-0.4, -0.2) is 16.5 Å². The minimum atomic E-state index is -0.0112. The zero-order valence-corrected chi connectivity index (χ0v) is 8.56. The third-order valence-corrected chi connectivity index (χ3v) is 2.16. The van der Waals surface area contributed by atoms with E-state index < -0.39 is 0 Å². The first-order chi connectivity index (χ1) is 6.79. The minimum Gasteiger partial charge on any atom is -0.414 e. The summed E-state index contributed by atoms with van der Waals surface area (Å²) in [7, 11) is 0. The SMILES string of the molecule is O=Cc1nnc(-c2ccc(Br)cc2)o1. The minimum absolute atomic E-state index is 0.0112. The molecule has 0 spiro atoms. The fraction of sp³-hybridized carbons (Fsp3) is 0. The predicted octanol–water partition coefficient (Wildman–Crippen LogP) is 2.31. The Balaban J connectivity index is 2.39. The second kappa shape index (κ2) is 3.71. The van der Waals surface area contributed by atoms with Gasteiger partial charge in [0.2, 0.25) is 12.2 Å². The van der Waals surface area contributed by atoms with E-state index in [0.29, 0.717) is 12.2 Å². The predicted molar refractivity (Wildman–Crippen MR) is 52.8 cm³/mol. The standard InChI is InChI=1S/C9H5BrN2O2/c10-7-3-1-6(2-4-7)9-12-11-8(5-13)14-9/h1-5H. The lowest BCUT2D eigenvalue weighted by Crippen LogP contribution is -1.76. The number of rotatable bonds is 2. The summed E-state index contributed by atoms with van der Waals surface area (Å²) in [5, 5.41) is 7.26. The molecule has 2 aromatic rings. The third kappa shape index (κ3) is 1.72. The molecule has 0 aliphatic carbocycles. The van der Waals surface area contributed by atoms with E-state index in [0.717, 1.165) is 10.0 Å². The van der Waals surface area contributed by atoms with Crippen LogP contribution in [0.3, 0.4) is 0 Å². The number of benzene rings is 1. The monoisotopic (exact) mass is 252 g/mol. The summed E-state index contributed by atoms with van der Waals surface area (Å²) >= 11 is 3.31. The van der Waals surface area contributed by atoms with Crippen molar-refractivity contribution in [1.29, 1.82) is 0 Å². The van der Waals surface area contributed by atoms with Crippen LogP contribution in [0.4, 0.5) is 0 Å². The summed E-state index contributed by atoms with van der Waals surface area (Å²) in [5.41, 5.74) is 0.786. The molecular formula is C9H5BrN2O2. The molecule has 0 N–H and O–H groups in total. The van der Waals surface area contributed by atoms with Gasteiger partial charge in [-0.15, -0.1) is 10.2 Å². The van der Waals surface area contributed by atoms with Crippen LogP contribution in [0.5, 0.6) is 0 Å². The molecule has 0 saturated carbocycles. The number of hydrogen-bond donors (Lipinski definition) is 0. The van der Waals surface area contributed by atoms with Crippen LogP contribution in [0.2, 0.25) is 0 Å². The second-order valence-electron chi connectivity index (χ2n) is 2.57. The quantitative estimate of drug-likeness (QED) is 0.770. The average Bonchev–Trinajstić information content (AvgIpc) is 2.67. The molecule has 14 heavy (non-hydrogen) atoms. The number of aromatic nitrogens is 2. The van der Waals surface area contributed by atoms with Gasteiger partial charge in [-0.3, -0.25) is 4.79 Å². The molecule has 0 radical (unpaired) electrons. The van der Waals surface area contributed by atoms with Crippen molar-refractivity contribution in [2.45, 2.75) is 0 Å². The number of carbonyl (C=O) groups excluding carboxylic acids is 1. The second-order valence-corrected chi connectivity index (χ2v) is 3.49. The van der Waals surface area contributed by atoms with Crippen LogP contribution in [0.25, 0.3) is 11.5 Å². The maximum absolute atomic E-state index is 10.3. The van der Waals surface area contributed by atoms with Crippen LogP contribution in [-0.2, 0) is 0 Å². The Morgan fingerprint density at radius 3 is 2.50 bits per heavy atom. The molecule has 0 amide bonds. The van der Waals surface area contributed by atoms with Gasteiger partial charge in [-0.05, 0) is 24.3 Å². The van der Waals surface area contributed by atoms with Crippen LogP contribution in [0.1, 0.15) is 10.7 Å². The maximum atomic E-state index is 10.3. The van der Waals surface area contributed by atoms with E-state index in [1.54, 1.807) is 0 Å². The largest absolute Gasteiger partial charge is 0.414 e. The van der Waals surface area contributed by atoms with E-state index in [-0.39, 0.29) is 5.89 Å². The topological polar surface area (TPSA) is 56.0 Å². The first-order valence-corrected chi connectivity index (χ1v) is 4.63. The summed E-state index contributed by atoms with van der Waals surface area (Å²) < 4.78 is 6.02. The first-order valence-electron chi connectivity index (χ1n) is 3.84. The summed E-state index contributed by atoms with van der Waals surface area (Å²) in [6.45, 7) is 0. The van der Waals surface area contributed by atoms with Crippen molar-refractivity contribution in [3.8, 4) is 11.5 Å². The highest BCUT2D eigenvalue weighted by Crippen LogP contribution is 2.19. The molecule has 0 atom stereocenters. The van der Waals surface area contributed by atoms with Crippen LogP contribution in [0.15, 0.2) is 33.2 Å². The summed E-state index contributed by atoms with van der Waals surface area (Å²) in [6, 6.07) is 7.37. The van der Waals surface area contributed by atoms with E-state index in [1.807, 2.05) is 24.3 Å². The van der Waals surface area contributed by atoms with Gasteiger partial charge in [0.25, 0.3) is 5.89 Å². The molecule has 4 nitrogen and oxygen atoms in total.